The Labute approximate surface area is 213 Å². The van der Waals surface area contributed by atoms with Gasteiger partial charge in [0.15, 0.2) is 0 Å². The van der Waals surface area contributed by atoms with Crippen molar-refractivity contribution in [2.24, 2.45) is 0 Å². The fourth-order valence-electron chi connectivity index (χ4n) is 3.05. The van der Waals surface area contributed by atoms with Crippen molar-refractivity contribution in [2.75, 3.05) is 11.9 Å². The first-order chi connectivity index (χ1) is 16.2. The number of nitrogens with zero attached hydrogens (tertiary/aromatic N) is 2. The fourth-order valence-corrected chi connectivity index (χ4v) is 4.82. The van der Waals surface area contributed by atoms with Gasteiger partial charge >= 0.3 is 0 Å². The molecule has 4 rings (SSSR count). The number of hydrogen-bond acceptors (Lipinski definition) is 7. The highest BCUT2D eigenvalue weighted by Gasteiger charge is 2.36. The Kier molecular flexibility index (Phi) is 7.00. The molecule has 0 atom stereocenters. The van der Waals surface area contributed by atoms with Gasteiger partial charge in [0.05, 0.1) is 15.5 Å². The van der Waals surface area contributed by atoms with Crippen LogP contribution in [-0.4, -0.2) is 33.4 Å². The number of non-ortho nitro benzene ring substituents is 1. The van der Waals surface area contributed by atoms with Crippen molar-refractivity contribution < 1.29 is 23.7 Å². The molecule has 34 heavy (non-hydrogen) atoms. The second-order valence-electron chi connectivity index (χ2n) is 6.92. The minimum absolute atomic E-state index is 0.0697. The molecular weight excluding hydrogens is 594 g/mol. The number of furan rings is 1. The number of rotatable bonds is 6. The van der Waals surface area contributed by atoms with E-state index >= 15 is 0 Å². The largest absolute Gasteiger partial charge is 0.457 e. The van der Waals surface area contributed by atoms with Gasteiger partial charge < -0.3 is 9.73 Å². The van der Waals surface area contributed by atoms with Gasteiger partial charge in [-0.25, -0.2) is 0 Å². The van der Waals surface area contributed by atoms with Gasteiger partial charge in [-0.1, -0.05) is 12.1 Å². The number of amides is 3. The average molecular weight is 607 g/mol. The van der Waals surface area contributed by atoms with Crippen LogP contribution in [0.2, 0.25) is 0 Å². The molecule has 0 saturated carbocycles. The quantitative estimate of drug-likeness (QED) is 0.206. The molecule has 2 aromatic carbocycles. The van der Waals surface area contributed by atoms with Crippen LogP contribution in [0.4, 0.5) is 16.2 Å². The summed E-state index contributed by atoms with van der Waals surface area (Å²) in [6.45, 7) is -0.428. The fraction of sp³-hybridized carbons (Fsp3) is 0.0455. The number of carbonyl (C=O) groups excluding carboxylic acids is 3. The van der Waals surface area contributed by atoms with E-state index in [0.717, 1.165) is 4.90 Å². The van der Waals surface area contributed by atoms with E-state index in [0.29, 0.717) is 43.5 Å². The number of nitrogens with one attached hydrogen (secondary N) is 1. The number of carbonyl (C=O) groups is 3. The number of hydrogen-bond donors (Lipinski definition) is 1. The molecule has 3 aromatic rings. The summed E-state index contributed by atoms with van der Waals surface area (Å²) in [5, 5.41) is 13.0. The SMILES string of the molecule is O=C(CN1C(=O)S/C(=C/c2ccc(-c3ccc([N+](=O)[O-])cc3Br)o2)C1=O)Nc1ccccc1Br. The molecule has 12 heteroatoms. The predicted octanol–water partition coefficient (Wildman–Crippen LogP) is 6.05. The van der Waals surface area contributed by atoms with Gasteiger partial charge in [0.2, 0.25) is 5.91 Å². The topological polar surface area (TPSA) is 123 Å². The molecule has 1 aromatic heterocycles. The number of benzene rings is 2. The van der Waals surface area contributed by atoms with Gasteiger partial charge in [-0.15, -0.1) is 0 Å². The van der Waals surface area contributed by atoms with Crippen LogP contribution in [0.3, 0.4) is 0 Å². The Morgan fingerprint density at radius 1 is 1.12 bits per heavy atom. The molecule has 1 saturated heterocycles. The van der Waals surface area contributed by atoms with E-state index in [2.05, 4.69) is 37.2 Å². The van der Waals surface area contributed by atoms with Crippen LogP contribution in [0, 0.1) is 10.1 Å². The molecule has 1 aliphatic rings. The standard InChI is InChI=1S/C22H13Br2N3O6S/c23-15-3-1-2-4-17(15)25-20(28)11-26-21(29)19(34-22(26)30)10-13-6-8-18(33-13)14-7-5-12(27(31)32)9-16(14)24/h1-10H,11H2,(H,25,28)/b19-10+. The summed E-state index contributed by atoms with van der Waals surface area (Å²) in [6.07, 6.45) is 1.42. The van der Waals surface area contributed by atoms with Crippen molar-refractivity contribution in [2.45, 2.75) is 0 Å². The van der Waals surface area contributed by atoms with Crippen molar-refractivity contribution in [1.82, 2.24) is 4.90 Å². The summed E-state index contributed by atoms with van der Waals surface area (Å²) in [5.74, 6) is -0.394. The van der Waals surface area contributed by atoms with Crippen molar-refractivity contribution in [3.05, 3.63) is 84.3 Å². The average Bonchev–Trinajstić information content (AvgIpc) is 3.35. The molecule has 172 valence electrons. The molecular formula is C22H13Br2N3O6S. The molecule has 2 heterocycles. The van der Waals surface area contributed by atoms with Crippen LogP contribution in [-0.2, 0) is 9.59 Å². The van der Waals surface area contributed by atoms with Gasteiger partial charge in [0.1, 0.15) is 18.1 Å². The Balaban J connectivity index is 1.47. The van der Waals surface area contributed by atoms with E-state index in [9.17, 15) is 24.5 Å². The van der Waals surface area contributed by atoms with Crippen LogP contribution in [0.25, 0.3) is 17.4 Å². The van der Waals surface area contributed by atoms with Gasteiger partial charge in [-0.2, -0.15) is 0 Å². The maximum absolute atomic E-state index is 12.7. The molecule has 1 aliphatic heterocycles. The third-order valence-electron chi connectivity index (χ3n) is 4.65. The zero-order valence-corrected chi connectivity index (χ0v) is 21.0. The minimum atomic E-state index is -0.605. The van der Waals surface area contributed by atoms with E-state index in [4.69, 9.17) is 4.42 Å². The molecule has 0 aliphatic carbocycles. The predicted molar refractivity (Wildman–Crippen MR) is 134 cm³/mol. The number of halogens is 2. The van der Waals surface area contributed by atoms with Crippen LogP contribution < -0.4 is 5.32 Å². The highest BCUT2D eigenvalue weighted by Crippen LogP contribution is 2.35. The smallest absolute Gasteiger partial charge is 0.294 e. The van der Waals surface area contributed by atoms with E-state index in [1.807, 2.05) is 0 Å². The van der Waals surface area contributed by atoms with Crippen LogP contribution in [0.1, 0.15) is 5.76 Å². The summed E-state index contributed by atoms with van der Waals surface area (Å²) in [7, 11) is 0. The third kappa shape index (κ3) is 5.13. The van der Waals surface area contributed by atoms with E-state index in [1.165, 1.54) is 18.2 Å². The summed E-state index contributed by atoms with van der Waals surface area (Å²) in [4.78, 5) is 48.8. The van der Waals surface area contributed by atoms with Gasteiger partial charge in [0, 0.05) is 32.7 Å². The molecule has 1 N–H and O–H groups in total. The van der Waals surface area contributed by atoms with Crippen molar-refractivity contribution in [1.29, 1.82) is 0 Å². The number of thioether (sulfide) groups is 1. The molecule has 0 spiro atoms. The lowest BCUT2D eigenvalue weighted by Crippen LogP contribution is -2.36. The highest BCUT2D eigenvalue weighted by molar-refractivity contribution is 9.11. The number of nitro benzene ring substituents is 1. The number of nitro groups is 1. The Morgan fingerprint density at radius 3 is 2.59 bits per heavy atom. The summed E-state index contributed by atoms with van der Waals surface area (Å²) < 4.78 is 6.89. The lowest BCUT2D eigenvalue weighted by Gasteiger charge is -2.13. The van der Waals surface area contributed by atoms with Crippen molar-refractivity contribution >= 4 is 78.1 Å². The summed E-state index contributed by atoms with van der Waals surface area (Å²) in [6, 6.07) is 14.5. The first-order valence-electron chi connectivity index (χ1n) is 9.57. The maximum Gasteiger partial charge on any atom is 0.294 e. The minimum Gasteiger partial charge on any atom is -0.457 e. The molecule has 0 radical (unpaired) electrons. The molecule has 3 amide bonds. The first-order valence-corrected chi connectivity index (χ1v) is 12.0. The lowest BCUT2D eigenvalue weighted by atomic mass is 10.1. The summed E-state index contributed by atoms with van der Waals surface area (Å²) in [5.41, 5.74) is 1.04. The van der Waals surface area contributed by atoms with E-state index < -0.39 is 28.5 Å². The zero-order valence-electron chi connectivity index (χ0n) is 17.0. The molecule has 9 nitrogen and oxygen atoms in total. The maximum atomic E-state index is 12.7. The van der Waals surface area contributed by atoms with Crippen molar-refractivity contribution in [3.8, 4) is 11.3 Å². The first kappa shape index (κ1) is 23.9. The number of anilines is 1. The Bertz CT molecular complexity index is 1370. The van der Waals surface area contributed by atoms with Gasteiger partial charge in [-0.05, 0) is 74.0 Å². The van der Waals surface area contributed by atoms with Gasteiger partial charge in [-0.3, -0.25) is 29.4 Å². The van der Waals surface area contributed by atoms with Crippen LogP contribution in [0.5, 0.6) is 0 Å². The Morgan fingerprint density at radius 2 is 1.88 bits per heavy atom. The molecule has 0 bridgehead atoms. The number of para-hydroxylation sites is 1. The normalized spacial score (nSPS) is 14.6. The van der Waals surface area contributed by atoms with E-state index in [-0.39, 0.29) is 10.6 Å². The van der Waals surface area contributed by atoms with Crippen LogP contribution in [0.15, 0.2) is 72.9 Å². The molecule has 1 fully saturated rings. The summed E-state index contributed by atoms with van der Waals surface area (Å²) >= 11 is 7.32. The third-order valence-corrected chi connectivity index (χ3v) is 6.91. The Hall–Kier alpha value is -3.22. The van der Waals surface area contributed by atoms with Gasteiger partial charge in [0.25, 0.3) is 16.8 Å². The monoisotopic (exact) mass is 605 g/mol. The second kappa shape index (κ2) is 9.95. The van der Waals surface area contributed by atoms with Crippen LogP contribution >= 0.6 is 43.6 Å². The van der Waals surface area contributed by atoms with E-state index in [1.54, 1.807) is 42.5 Å². The number of imide groups is 1. The second-order valence-corrected chi connectivity index (χ2v) is 9.62. The zero-order chi connectivity index (χ0) is 24.4. The lowest BCUT2D eigenvalue weighted by molar-refractivity contribution is -0.384. The van der Waals surface area contributed by atoms with Crippen molar-refractivity contribution in [3.63, 3.8) is 0 Å². The molecule has 0 unspecified atom stereocenters. The highest BCUT2D eigenvalue weighted by atomic mass is 79.9.